The highest BCUT2D eigenvalue weighted by atomic mass is 32.2. The fraction of sp³-hybridized carbons (Fsp3) is 0.421. The highest BCUT2D eigenvalue weighted by Crippen LogP contribution is 2.19. The summed E-state index contributed by atoms with van der Waals surface area (Å²) < 4.78 is 25.5. The molecule has 1 aromatic heterocycles. The first kappa shape index (κ1) is 21.4. The Labute approximate surface area is 166 Å². The average molecular weight is 409 g/mol. The zero-order valence-corrected chi connectivity index (χ0v) is 17.9. The predicted octanol–water partition coefficient (Wildman–Crippen LogP) is 2.86. The molecule has 0 amide bonds. The lowest BCUT2D eigenvalue weighted by molar-refractivity contribution is 0.520. The topological polar surface area (TPSA) is 73.8 Å². The number of guanidine groups is 1. The van der Waals surface area contributed by atoms with Crippen molar-refractivity contribution in [2.45, 2.75) is 31.2 Å². The zero-order valence-electron chi connectivity index (χ0n) is 16.3. The van der Waals surface area contributed by atoms with E-state index in [0.29, 0.717) is 12.5 Å². The maximum absolute atomic E-state index is 12.1. The summed E-state index contributed by atoms with van der Waals surface area (Å²) in [5.74, 6) is 1.16. The highest BCUT2D eigenvalue weighted by Gasteiger charge is 2.16. The molecular formula is C19H28N4O2S2. The standard InChI is InChI=1S/C19H28N4O2S2/c1-5-20-19(21-13-15(2)18-7-6-12-26-18)22-14-16-8-10-17(11-9-16)27(24,25)23(3)4/h6-12,15H,5,13-14H2,1-4H3,(H2,20,21,22). The van der Waals surface area contributed by atoms with Crippen LogP contribution in [-0.2, 0) is 16.6 Å². The van der Waals surface area contributed by atoms with Crippen LogP contribution in [0.5, 0.6) is 0 Å². The van der Waals surface area contributed by atoms with Crippen molar-refractivity contribution in [3.63, 3.8) is 0 Å². The minimum absolute atomic E-state index is 0.287. The second kappa shape index (κ2) is 9.87. The van der Waals surface area contributed by atoms with Crippen LogP contribution in [0.25, 0.3) is 0 Å². The number of thiophene rings is 1. The molecule has 148 valence electrons. The Balaban J connectivity index is 1.99. The van der Waals surface area contributed by atoms with E-state index in [1.54, 1.807) is 35.6 Å². The molecule has 1 heterocycles. The first-order valence-corrected chi connectivity index (χ1v) is 11.2. The van der Waals surface area contributed by atoms with Crippen molar-refractivity contribution >= 4 is 27.3 Å². The van der Waals surface area contributed by atoms with Gasteiger partial charge in [-0.2, -0.15) is 0 Å². The molecule has 8 heteroatoms. The SMILES string of the molecule is CCNC(=NCc1ccc(S(=O)(=O)N(C)C)cc1)NCC(C)c1cccs1. The Morgan fingerprint density at radius 3 is 2.44 bits per heavy atom. The Morgan fingerprint density at radius 1 is 1.19 bits per heavy atom. The second-order valence-corrected chi connectivity index (χ2v) is 9.56. The van der Waals surface area contributed by atoms with Crippen molar-refractivity contribution in [2.24, 2.45) is 4.99 Å². The molecule has 0 aliphatic rings. The Morgan fingerprint density at radius 2 is 1.89 bits per heavy atom. The second-order valence-electron chi connectivity index (χ2n) is 6.42. The zero-order chi connectivity index (χ0) is 19.9. The summed E-state index contributed by atoms with van der Waals surface area (Å²) in [7, 11) is -0.346. The van der Waals surface area contributed by atoms with Crippen molar-refractivity contribution in [1.82, 2.24) is 14.9 Å². The van der Waals surface area contributed by atoms with E-state index in [-0.39, 0.29) is 4.90 Å². The van der Waals surface area contributed by atoms with Crippen LogP contribution in [0.4, 0.5) is 0 Å². The van der Waals surface area contributed by atoms with Gasteiger partial charge in [-0.1, -0.05) is 25.1 Å². The molecule has 0 saturated heterocycles. The van der Waals surface area contributed by atoms with Crippen molar-refractivity contribution in [3.05, 3.63) is 52.2 Å². The van der Waals surface area contributed by atoms with E-state index < -0.39 is 10.0 Å². The third-order valence-corrected chi connectivity index (χ3v) is 7.00. The normalized spacial score (nSPS) is 13.6. The van der Waals surface area contributed by atoms with Crippen LogP contribution in [0.3, 0.4) is 0 Å². The van der Waals surface area contributed by atoms with Crippen molar-refractivity contribution < 1.29 is 8.42 Å². The number of hydrogen-bond donors (Lipinski definition) is 2. The number of hydrogen-bond acceptors (Lipinski definition) is 4. The van der Waals surface area contributed by atoms with Gasteiger partial charge in [0, 0.05) is 38.0 Å². The first-order valence-electron chi connectivity index (χ1n) is 8.91. The lowest BCUT2D eigenvalue weighted by atomic mass is 10.1. The van der Waals surface area contributed by atoms with Crippen LogP contribution in [0, 0.1) is 0 Å². The number of benzene rings is 1. The van der Waals surface area contributed by atoms with Gasteiger partial charge in [-0.05, 0) is 36.1 Å². The third-order valence-electron chi connectivity index (χ3n) is 4.07. The monoisotopic (exact) mass is 408 g/mol. The summed E-state index contributed by atoms with van der Waals surface area (Å²) in [5, 5.41) is 8.70. The predicted molar refractivity (Wildman–Crippen MR) is 113 cm³/mol. The summed E-state index contributed by atoms with van der Waals surface area (Å²) in [6.07, 6.45) is 0. The van der Waals surface area contributed by atoms with Gasteiger partial charge in [0.25, 0.3) is 0 Å². The van der Waals surface area contributed by atoms with Gasteiger partial charge in [-0.3, -0.25) is 0 Å². The molecule has 0 spiro atoms. The first-order chi connectivity index (χ1) is 12.8. The van der Waals surface area contributed by atoms with E-state index in [2.05, 4.69) is 40.1 Å². The molecule has 1 unspecified atom stereocenters. The smallest absolute Gasteiger partial charge is 0.242 e. The van der Waals surface area contributed by atoms with Crippen molar-refractivity contribution in [2.75, 3.05) is 27.2 Å². The van der Waals surface area contributed by atoms with Crippen LogP contribution >= 0.6 is 11.3 Å². The Kier molecular flexibility index (Phi) is 7.82. The summed E-state index contributed by atoms with van der Waals surface area (Å²) in [5.41, 5.74) is 0.955. The molecule has 6 nitrogen and oxygen atoms in total. The van der Waals surface area contributed by atoms with E-state index in [4.69, 9.17) is 0 Å². The summed E-state index contributed by atoms with van der Waals surface area (Å²) >= 11 is 1.76. The Bertz CT molecular complexity index is 829. The molecule has 1 aromatic carbocycles. The molecule has 0 aliphatic heterocycles. The van der Waals surface area contributed by atoms with Crippen LogP contribution < -0.4 is 10.6 Å². The van der Waals surface area contributed by atoms with E-state index in [1.807, 2.05) is 6.92 Å². The number of nitrogens with one attached hydrogen (secondary N) is 2. The van der Waals surface area contributed by atoms with Gasteiger partial charge in [0.15, 0.2) is 5.96 Å². The number of nitrogens with zero attached hydrogens (tertiary/aromatic N) is 2. The van der Waals surface area contributed by atoms with Crippen LogP contribution in [0.1, 0.15) is 30.2 Å². The largest absolute Gasteiger partial charge is 0.357 e. The quantitative estimate of drug-likeness (QED) is 0.520. The summed E-state index contributed by atoms with van der Waals surface area (Å²) in [4.78, 5) is 6.23. The van der Waals surface area contributed by atoms with Crippen LogP contribution in [0.2, 0.25) is 0 Å². The fourth-order valence-electron chi connectivity index (χ4n) is 2.41. The van der Waals surface area contributed by atoms with E-state index in [0.717, 1.165) is 24.6 Å². The Hall–Kier alpha value is -1.90. The highest BCUT2D eigenvalue weighted by molar-refractivity contribution is 7.89. The van der Waals surface area contributed by atoms with E-state index >= 15 is 0 Å². The minimum Gasteiger partial charge on any atom is -0.357 e. The van der Waals surface area contributed by atoms with Gasteiger partial charge in [0.1, 0.15) is 0 Å². The molecule has 0 radical (unpaired) electrons. The number of aliphatic imine (C=N–C) groups is 1. The minimum atomic E-state index is -3.40. The number of sulfonamides is 1. The van der Waals surface area contributed by atoms with Crippen LogP contribution in [0.15, 0.2) is 51.7 Å². The molecule has 2 rings (SSSR count). The molecule has 2 aromatic rings. The average Bonchev–Trinajstić information content (AvgIpc) is 3.19. The lowest BCUT2D eigenvalue weighted by Crippen LogP contribution is -2.39. The molecule has 0 saturated carbocycles. The third kappa shape index (κ3) is 6.05. The maximum atomic E-state index is 12.1. The van der Waals surface area contributed by atoms with Gasteiger partial charge in [0.05, 0.1) is 11.4 Å². The van der Waals surface area contributed by atoms with Gasteiger partial charge in [-0.15, -0.1) is 11.3 Å². The molecule has 0 aliphatic carbocycles. The molecule has 1 atom stereocenters. The van der Waals surface area contributed by atoms with Crippen LogP contribution in [-0.4, -0.2) is 45.9 Å². The maximum Gasteiger partial charge on any atom is 0.242 e. The lowest BCUT2D eigenvalue weighted by Gasteiger charge is -2.15. The molecule has 27 heavy (non-hydrogen) atoms. The molecular weight excluding hydrogens is 380 g/mol. The van der Waals surface area contributed by atoms with Gasteiger partial charge in [0.2, 0.25) is 10.0 Å². The van der Waals surface area contributed by atoms with Gasteiger partial charge >= 0.3 is 0 Å². The van der Waals surface area contributed by atoms with Gasteiger partial charge in [-0.25, -0.2) is 17.7 Å². The summed E-state index contributed by atoms with van der Waals surface area (Å²) in [6.45, 7) is 6.27. The number of rotatable bonds is 8. The fourth-order valence-corrected chi connectivity index (χ4v) is 4.10. The molecule has 2 N–H and O–H groups in total. The van der Waals surface area contributed by atoms with Crippen molar-refractivity contribution in [1.29, 1.82) is 0 Å². The molecule has 0 fully saturated rings. The van der Waals surface area contributed by atoms with Gasteiger partial charge < -0.3 is 10.6 Å². The van der Waals surface area contributed by atoms with Crippen molar-refractivity contribution in [3.8, 4) is 0 Å². The van der Waals surface area contributed by atoms with E-state index in [9.17, 15) is 8.42 Å². The van der Waals surface area contributed by atoms with E-state index in [1.165, 1.54) is 23.3 Å². The summed E-state index contributed by atoms with van der Waals surface area (Å²) in [6, 6.07) is 11.1. The molecule has 0 bridgehead atoms.